The summed E-state index contributed by atoms with van der Waals surface area (Å²) < 4.78 is 5.58. The molecule has 1 aliphatic rings. The van der Waals surface area contributed by atoms with Crippen molar-refractivity contribution in [3.05, 3.63) is 0 Å². The van der Waals surface area contributed by atoms with E-state index in [1.54, 1.807) is 0 Å². The van der Waals surface area contributed by atoms with Crippen LogP contribution in [0.4, 0.5) is 0 Å². The Morgan fingerprint density at radius 2 is 2.00 bits per heavy atom. The van der Waals surface area contributed by atoms with Gasteiger partial charge in [0.05, 0.1) is 18.8 Å². The van der Waals surface area contributed by atoms with E-state index in [0.717, 1.165) is 25.7 Å². The fourth-order valence-electron chi connectivity index (χ4n) is 1.60. The molecule has 1 aliphatic carbocycles. The summed E-state index contributed by atoms with van der Waals surface area (Å²) in [5.74, 6) is 0. The zero-order valence-electron chi connectivity index (χ0n) is 7.70. The number of hydrogen-bond donors (Lipinski definition) is 2. The summed E-state index contributed by atoms with van der Waals surface area (Å²) >= 11 is 0. The summed E-state index contributed by atoms with van der Waals surface area (Å²) in [6, 6.07) is 0.370. The average molecular weight is 173 g/mol. The van der Waals surface area contributed by atoms with Gasteiger partial charge < -0.3 is 15.6 Å². The van der Waals surface area contributed by atoms with Gasteiger partial charge in [0.15, 0.2) is 0 Å². The smallest absolute Gasteiger partial charge is 0.0781 e. The molecule has 1 saturated carbocycles. The highest BCUT2D eigenvalue weighted by Crippen LogP contribution is 2.20. The van der Waals surface area contributed by atoms with Gasteiger partial charge in [0, 0.05) is 6.04 Å². The Bertz CT molecular complexity index is 122. The number of nitrogens with two attached hydrogens (primary N) is 1. The van der Waals surface area contributed by atoms with Crippen LogP contribution in [0.15, 0.2) is 0 Å². The van der Waals surface area contributed by atoms with Crippen molar-refractivity contribution in [3.8, 4) is 0 Å². The van der Waals surface area contributed by atoms with Gasteiger partial charge in [-0.2, -0.15) is 0 Å². The van der Waals surface area contributed by atoms with Crippen LogP contribution in [-0.2, 0) is 4.74 Å². The average Bonchev–Trinajstić information content (AvgIpc) is 2.09. The summed E-state index contributed by atoms with van der Waals surface area (Å²) in [5.41, 5.74) is 5.76. The van der Waals surface area contributed by atoms with Crippen LogP contribution in [0.3, 0.4) is 0 Å². The van der Waals surface area contributed by atoms with E-state index >= 15 is 0 Å². The molecule has 0 unspecified atom stereocenters. The van der Waals surface area contributed by atoms with Crippen LogP contribution in [0.2, 0.25) is 0 Å². The van der Waals surface area contributed by atoms with Gasteiger partial charge in [0.25, 0.3) is 0 Å². The highest BCUT2D eigenvalue weighted by molar-refractivity contribution is 4.75. The van der Waals surface area contributed by atoms with Gasteiger partial charge in [-0.05, 0) is 32.6 Å². The van der Waals surface area contributed by atoms with Crippen molar-refractivity contribution < 1.29 is 9.84 Å². The van der Waals surface area contributed by atoms with Crippen LogP contribution >= 0.6 is 0 Å². The maximum Gasteiger partial charge on any atom is 0.0781 e. The van der Waals surface area contributed by atoms with Gasteiger partial charge in [-0.1, -0.05) is 0 Å². The van der Waals surface area contributed by atoms with Crippen LogP contribution in [0, 0.1) is 0 Å². The molecule has 3 nitrogen and oxygen atoms in total. The number of aliphatic hydroxyl groups excluding tert-OH is 1. The molecule has 12 heavy (non-hydrogen) atoms. The fraction of sp³-hybridized carbons (Fsp3) is 1.00. The minimum Gasteiger partial charge on any atom is -0.394 e. The molecule has 1 fully saturated rings. The Hall–Kier alpha value is -0.120. The zero-order valence-corrected chi connectivity index (χ0v) is 7.70. The van der Waals surface area contributed by atoms with Crippen molar-refractivity contribution in [2.45, 2.75) is 50.9 Å². The molecule has 0 bridgehead atoms. The van der Waals surface area contributed by atoms with E-state index in [2.05, 4.69) is 0 Å². The van der Waals surface area contributed by atoms with Crippen LogP contribution in [0.25, 0.3) is 0 Å². The lowest BCUT2D eigenvalue weighted by Crippen LogP contribution is -2.32. The summed E-state index contributed by atoms with van der Waals surface area (Å²) in [6.07, 6.45) is 4.51. The highest BCUT2D eigenvalue weighted by atomic mass is 16.5. The molecule has 1 atom stereocenters. The maximum absolute atomic E-state index is 8.77. The lowest BCUT2D eigenvalue weighted by atomic mass is 9.93. The number of ether oxygens (including phenoxy) is 1. The molecular weight excluding hydrogens is 154 g/mol. The van der Waals surface area contributed by atoms with Gasteiger partial charge >= 0.3 is 0 Å². The first-order valence-corrected chi connectivity index (χ1v) is 4.74. The third-order valence-electron chi connectivity index (χ3n) is 2.40. The molecule has 0 amide bonds. The number of rotatable bonds is 3. The van der Waals surface area contributed by atoms with Crippen LogP contribution in [-0.4, -0.2) is 30.0 Å². The Labute approximate surface area is 73.9 Å². The van der Waals surface area contributed by atoms with E-state index in [1.165, 1.54) is 0 Å². The fourth-order valence-corrected chi connectivity index (χ4v) is 1.60. The normalized spacial score (nSPS) is 33.2. The van der Waals surface area contributed by atoms with Crippen molar-refractivity contribution in [2.75, 3.05) is 6.61 Å². The first-order valence-electron chi connectivity index (χ1n) is 4.74. The quantitative estimate of drug-likeness (QED) is 0.659. The second-order valence-corrected chi connectivity index (χ2v) is 3.67. The monoisotopic (exact) mass is 173 g/mol. The van der Waals surface area contributed by atoms with Gasteiger partial charge in [-0.3, -0.25) is 0 Å². The van der Waals surface area contributed by atoms with Crippen molar-refractivity contribution in [2.24, 2.45) is 5.73 Å². The molecule has 0 aromatic carbocycles. The molecule has 1 rings (SSSR count). The van der Waals surface area contributed by atoms with Crippen molar-refractivity contribution >= 4 is 0 Å². The van der Waals surface area contributed by atoms with E-state index in [-0.39, 0.29) is 12.7 Å². The molecule has 0 aromatic heterocycles. The van der Waals surface area contributed by atoms with Crippen LogP contribution in [0.5, 0.6) is 0 Å². The molecule has 0 aromatic rings. The Morgan fingerprint density at radius 3 is 2.50 bits per heavy atom. The molecule has 0 spiro atoms. The Morgan fingerprint density at radius 1 is 1.42 bits per heavy atom. The van der Waals surface area contributed by atoms with Gasteiger partial charge in [-0.15, -0.1) is 0 Å². The second-order valence-electron chi connectivity index (χ2n) is 3.67. The minimum absolute atomic E-state index is 0.0238. The van der Waals surface area contributed by atoms with Gasteiger partial charge in [0.1, 0.15) is 0 Å². The minimum atomic E-state index is -0.0238. The molecule has 72 valence electrons. The predicted molar refractivity (Wildman–Crippen MR) is 47.9 cm³/mol. The van der Waals surface area contributed by atoms with Gasteiger partial charge in [0.2, 0.25) is 0 Å². The molecule has 0 radical (unpaired) electrons. The summed E-state index contributed by atoms with van der Waals surface area (Å²) in [7, 11) is 0. The molecule has 3 N–H and O–H groups in total. The van der Waals surface area contributed by atoms with Crippen molar-refractivity contribution in [1.82, 2.24) is 0 Å². The van der Waals surface area contributed by atoms with E-state index in [4.69, 9.17) is 15.6 Å². The summed E-state index contributed by atoms with van der Waals surface area (Å²) in [5, 5.41) is 8.77. The topological polar surface area (TPSA) is 55.5 Å². The Balaban J connectivity index is 2.17. The molecular formula is C9H19NO2. The van der Waals surface area contributed by atoms with Gasteiger partial charge in [-0.25, -0.2) is 0 Å². The highest BCUT2D eigenvalue weighted by Gasteiger charge is 2.20. The maximum atomic E-state index is 8.77. The van der Waals surface area contributed by atoms with E-state index in [0.29, 0.717) is 12.1 Å². The van der Waals surface area contributed by atoms with Crippen molar-refractivity contribution in [3.63, 3.8) is 0 Å². The molecule has 0 aliphatic heterocycles. The zero-order chi connectivity index (χ0) is 8.97. The van der Waals surface area contributed by atoms with E-state index in [1.807, 2.05) is 6.92 Å². The molecule has 3 heteroatoms. The van der Waals surface area contributed by atoms with Crippen LogP contribution in [0.1, 0.15) is 32.6 Å². The van der Waals surface area contributed by atoms with Crippen LogP contribution < -0.4 is 5.73 Å². The number of aliphatic hydroxyl groups is 1. The first-order chi connectivity index (χ1) is 5.72. The largest absolute Gasteiger partial charge is 0.394 e. The van der Waals surface area contributed by atoms with E-state index < -0.39 is 0 Å². The predicted octanol–water partition coefficient (Wildman–Crippen LogP) is 0.654. The molecule has 0 heterocycles. The lowest BCUT2D eigenvalue weighted by molar-refractivity contribution is -0.0454. The second kappa shape index (κ2) is 4.80. The lowest BCUT2D eigenvalue weighted by Gasteiger charge is -2.28. The SMILES string of the molecule is C[C@@H](CO)O[C@H]1CC[C@H](N)CC1. The van der Waals surface area contributed by atoms with E-state index in [9.17, 15) is 0 Å². The third-order valence-corrected chi connectivity index (χ3v) is 2.40. The molecule has 0 saturated heterocycles. The summed E-state index contributed by atoms with van der Waals surface area (Å²) in [4.78, 5) is 0. The number of hydrogen-bond acceptors (Lipinski definition) is 3. The third kappa shape index (κ3) is 3.09. The summed E-state index contributed by atoms with van der Waals surface area (Å²) in [6.45, 7) is 2.01. The standard InChI is InChI=1S/C9H19NO2/c1-7(6-11)12-9-4-2-8(10)3-5-9/h7-9,11H,2-6,10H2,1H3/t7-,8-,9-/m0/s1. The van der Waals surface area contributed by atoms with Crippen molar-refractivity contribution in [1.29, 1.82) is 0 Å². The Kier molecular flexibility index (Phi) is 3.98. The first kappa shape index (κ1) is 9.96.